The number of hydrogen-bond donors (Lipinski definition) is 2. The van der Waals surface area contributed by atoms with Gasteiger partial charge in [0.25, 0.3) is 0 Å². The average Bonchev–Trinajstić information content (AvgIpc) is 2.38. The predicted octanol–water partition coefficient (Wildman–Crippen LogP) is 1.28. The molecular formula is C14H20IN3O2. The zero-order chi connectivity index (χ0) is 14.5. The fourth-order valence-electron chi connectivity index (χ4n) is 2.16. The van der Waals surface area contributed by atoms with Gasteiger partial charge in [-0.2, -0.15) is 0 Å². The second-order valence-corrected chi connectivity index (χ2v) is 6.31. The van der Waals surface area contributed by atoms with Crippen LogP contribution in [0.2, 0.25) is 0 Å². The van der Waals surface area contributed by atoms with E-state index >= 15 is 0 Å². The first-order chi connectivity index (χ1) is 9.54. The zero-order valence-electron chi connectivity index (χ0n) is 11.5. The van der Waals surface area contributed by atoms with Crippen molar-refractivity contribution in [3.05, 3.63) is 27.8 Å². The lowest BCUT2D eigenvalue weighted by Gasteiger charge is -2.34. The third kappa shape index (κ3) is 4.69. The molecule has 3 N–H and O–H groups in total. The Kier molecular flexibility index (Phi) is 5.76. The minimum atomic E-state index is -0.0171. The van der Waals surface area contributed by atoms with E-state index in [2.05, 4.69) is 32.8 Å². The number of nitrogens with one attached hydrogen (secondary N) is 1. The van der Waals surface area contributed by atoms with Gasteiger partial charge in [0.2, 0.25) is 5.91 Å². The van der Waals surface area contributed by atoms with Crippen molar-refractivity contribution in [2.75, 3.05) is 31.6 Å². The van der Waals surface area contributed by atoms with Crippen LogP contribution in [0, 0.1) is 3.57 Å². The third-order valence-corrected chi connectivity index (χ3v) is 3.91. The van der Waals surface area contributed by atoms with Crippen molar-refractivity contribution < 1.29 is 9.53 Å². The highest BCUT2D eigenvalue weighted by molar-refractivity contribution is 14.1. The van der Waals surface area contributed by atoms with Gasteiger partial charge in [-0.1, -0.05) is 6.07 Å². The van der Waals surface area contributed by atoms with E-state index in [9.17, 15) is 4.79 Å². The molecule has 0 spiro atoms. The van der Waals surface area contributed by atoms with Gasteiger partial charge in [0.1, 0.15) is 0 Å². The summed E-state index contributed by atoms with van der Waals surface area (Å²) in [6.45, 7) is 4.40. The quantitative estimate of drug-likeness (QED) is 0.762. The number of benzene rings is 1. The number of hydrogen-bond acceptors (Lipinski definition) is 4. The summed E-state index contributed by atoms with van der Waals surface area (Å²) < 4.78 is 6.69. The van der Waals surface area contributed by atoms with Gasteiger partial charge in [-0.05, 0) is 47.7 Å². The Balaban J connectivity index is 1.85. The molecule has 1 aliphatic heterocycles. The van der Waals surface area contributed by atoms with E-state index in [0.29, 0.717) is 19.7 Å². The van der Waals surface area contributed by atoms with Crippen LogP contribution in [-0.2, 0) is 9.53 Å². The molecule has 1 heterocycles. The smallest absolute Gasteiger partial charge is 0.238 e. The van der Waals surface area contributed by atoms with Gasteiger partial charge in [-0.25, -0.2) is 0 Å². The lowest BCUT2D eigenvalue weighted by molar-refractivity contribution is -0.119. The summed E-state index contributed by atoms with van der Waals surface area (Å²) in [5.74, 6) is -0.00248. The maximum absolute atomic E-state index is 12.0. The lowest BCUT2D eigenvalue weighted by Crippen LogP contribution is -2.51. The highest BCUT2D eigenvalue weighted by atomic mass is 127. The summed E-state index contributed by atoms with van der Waals surface area (Å²) >= 11 is 2.23. The molecule has 1 amide bonds. The Morgan fingerprint density at radius 1 is 1.65 bits per heavy atom. The van der Waals surface area contributed by atoms with Gasteiger partial charge in [0.15, 0.2) is 0 Å². The number of nitrogens with zero attached hydrogens (tertiary/aromatic N) is 1. The van der Waals surface area contributed by atoms with Crippen LogP contribution in [0.15, 0.2) is 24.3 Å². The summed E-state index contributed by atoms with van der Waals surface area (Å²) in [5, 5.41) is 2.92. The Bertz CT molecular complexity index is 467. The van der Waals surface area contributed by atoms with Gasteiger partial charge in [0.05, 0.1) is 19.3 Å². The highest BCUT2D eigenvalue weighted by Gasteiger charge is 2.24. The summed E-state index contributed by atoms with van der Waals surface area (Å²) in [6, 6.07) is 7.74. The van der Waals surface area contributed by atoms with Gasteiger partial charge in [-0.15, -0.1) is 0 Å². The number of morpholine rings is 1. The van der Waals surface area contributed by atoms with E-state index < -0.39 is 0 Å². The topological polar surface area (TPSA) is 67.6 Å². The first-order valence-corrected chi connectivity index (χ1v) is 7.77. The van der Waals surface area contributed by atoms with Crippen molar-refractivity contribution >= 4 is 34.2 Å². The summed E-state index contributed by atoms with van der Waals surface area (Å²) in [4.78, 5) is 14.1. The molecule has 1 aromatic carbocycles. The fraction of sp³-hybridized carbons (Fsp3) is 0.500. The molecule has 0 bridgehead atoms. The number of ether oxygens (including phenoxy) is 1. The van der Waals surface area contributed by atoms with Crippen molar-refractivity contribution in [1.82, 2.24) is 4.90 Å². The molecule has 1 aromatic rings. The van der Waals surface area contributed by atoms with Crippen LogP contribution in [0.4, 0.5) is 5.69 Å². The average molecular weight is 389 g/mol. The first kappa shape index (κ1) is 15.7. The maximum Gasteiger partial charge on any atom is 0.238 e. The van der Waals surface area contributed by atoms with Crippen molar-refractivity contribution in [2.45, 2.75) is 19.1 Å². The number of carbonyl (C=O) groups is 1. The molecule has 1 fully saturated rings. The molecule has 0 saturated carbocycles. The molecule has 20 heavy (non-hydrogen) atoms. The molecule has 2 rings (SSSR count). The van der Waals surface area contributed by atoms with Crippen LogP contribution in [-0.4, -0.2) is 49.2 Å². The van der Waals surface area contributed by atoms with Gasteiger partial charge in [-0.3, -0.25) is 9.69 Å². The second-order valence-electron chi connectivity index (χ2n) is 5.06. The molecule has 6 heteroatoms. The summed E-state index contributed by atoms with van der Waals surface area (Å²) in [6.07, 6.45) is 0.00854. The molecule has 0 aliphatic carbocycles. The number of nitrogens with two attached hydrogens (primary N) is 1. The largest absolute Gasteiger partial charge is 0.374 e. The fourth-order valence-corrected chi connectivity index (χ4v) is 2.71. The van der Waals surface area contributed by atoms with Crippen LogP contribution >= 0.6 is 22.6 Å². The van der Waals surface area contributed by atoms with E-state index in [4.69, 9.17) is 10.5 Å². The molecule has 2 atom stereocenters. The predicted molar refractivity (Wildman–Crippen MR) is 87.6 cm³/mol. The van der Waals surface area contributed by atoms with Crippen molar-refractivity contribution in [3.63, 3.8) is 0 Å². The minimum absolute atomic E-state index is 0.00248. The molecule has 1 aliphatic rings. The first-order valence-electron chi connectivity index (χ1n) is 6.69. The number of anilines is 1. The van der Waals surface area contributed by atoms with Crippen molar-refractivity contribution in [3.8, 4) is 0 Å². The summed E-state index contributed by atoms with van der Waals surface area (Å²) in [7, 11) is 0. The lowest BCUT2D eigenvalue weighted by atomic mass is 10.1. The van der Waals surface area contributed by atoms with Crippen LogP contribution in [0.5, 0.6) is 0 Å². The molecule has 1 saturated heterocycles. The van der Waals surface area contributed by atoms with Crippen LogP contribution < -0.4 is 11.1 Å². The Morgan fingerprint density at radius 2 is 2.45 bits per heavy atom. The monoisotopic (exact) mass is 389 g/mol. The van der Waals surface area contributed by atoms with Crippen molar-refractivity contribution in [2.24, 2.45) is 5.73 Å². The molecule has 0 aromatic heterocycles. The normalized spacial score (nSPS) is 21.4. The molecule has 5 nitrogen and oxygen atoms in total. The van der Waals surface area contributed by atoms with E-state index in [-0.39, 0.29) is 18.1 Å². The Hall–Kier alpha value is -0.700. The maximum atomic E-state index is 12.0. The van der Waals surface area contributed by atoms with Gasteiger partial charge < -0.3 is 15.8 Å². The van der Waals surface area contributed by atoms with Crippen LogP contribution in [0.3, 0.4) is 0 Å². The minimum Gasteiger partial charge on any atom is -0.374 e. The van der Waals surface area contributed by atoms with E-state index in [1.165, 1.54) is 0 Å². The van der Waals surface area contributed by atoms with Crippen LogP contribution in [0.25, 0.3) is 0 Å². The Labute approximate surface area is 133 Å². The van der Waals surface area contributed by atoms with E-state index in [1.54, 1.807) is 0 Å². The number of carbonyl (C=O) groups excluding carboxylic acids is 1. The van der Waals surface area contributed by atoms with E-state index in [0.717, 1.165) is 15.8 Å². The Morgan fingerprint density at radius 3 is 3.15 bits per heavy atom. The zero-order valence-corrected chi connectivity index (χ0v) is 13.7. The molecule has 2 unspecified atom stereocenters. The second kappa shape index (κ2) is 7.35. The summed E-state index contributed by atoms with van der Waals surface area (Å²) in [5.41, 5.74) is 6.68. The number of rotatable bonds is 4. The highest BCUT2D eigenvalue weighted by Crippen LogP contribution is 2.13. The van der Waals surface area contributed by atoms with E-state index in [1.807, 2.05) is 31.2 Å². The third-order valence-electron chi connectivity index (χ3n) is 3.24. The van der Waals surface area contributed by atoms with Crippen LogP contribution in [0.1, 0.15) is 6.92 Å². The SMILES string of the molecule is CC(N)C1CN(CC(=O)Nc2cccc(I)c2)CCO1. The van der Waals surface area contributed by atoms with Gasteiger partial charge in [0, 0.05) is 28.4 Å². The molecule has 0 radical (unpaired) electrons. The standard InChI is InChI=1S/C14H20IN3O2/c1-10(16)13-8-18(5-6-20-13)9-14(19)17-12-4-2-3-11(15)7-12/h2-4,7,10,13H,5-6,8-9,16H2,1H3,(H,17,19). The van der Waals surface area contributed by atoms with Gasteiger partial charge >= 0.3 is 0 Å². The van der Waals surface area contributed by atoms with Crippen molar-refractivity contribution in [1.29, 1.82) is 0 Å². The number of halogens is 1. The molecule has 110 valence electrons. The number of amides is 1. The molecular weight excluding hydrogens is 369 g/mol.